The number of carbonyl (C=O) groups is 3. The zero-order valence-corrected chi connectivity index (χ0v) is 15.4. The number of carboxylic acid groups (broad SMARTS) is 1. The number of ether oxygens (including phenoxy) is 1. The maximum absolute atomic E-state index is 12.1. The number of aromatic carboxylic acids is 1. The van der Waals surface area contributed by atoms with Gasteiger partial charge in [-0.05, 0) is 60.2 Å². The molecule has 6 nitrogen and oxygen atoms in total. The summed E-state index contributed by atoms with van der Waals surface area (Å²) >= 11 is 0.936. The predicted octanol–water partition coefficient (Wildman–Crippen LogP) is 4.02. The van der Waals surface area contributed by atoms with Gasteiger partial charge in [-0.1, -0.05) is 24.3 Å². The third-order valence-electron chi connectivity index (χ3n) is 3.95. The lowest BCUT2D eigenvalue weighted by atomic mass is 10.1. The number of hydrogen-bond donors (Lipinski definition) is 1. The quantitative estimate of drug-likeness (QED) is 0.759. The number of benzene rings is 2. The highest BCUT2D eigenvalue weighted by Crippen LogP contribution is 2.32. The zero-order chi connectivity index (χ0) is 19.4. The van der Waals surface area contributed by atoms with Crippen LogP contribution in [0.25, 0.3) is 6.08 Å². The highest BCUT2D eigenvalue weighted by molar-refractivity contribution is 8.18. The van der Waals surface area contributed by atoms with Crippen molar-refractivity contribution in [3.8, 4) is 5.75 Å². The number of likely N-dealkylation sites (N-methyl/N-ethyl adjacent to an activating group) is 1. The van der Waals surface area contributed by atoms with Gasteiger partial charge in [-0.15, -0.1) is 0 Å². The number of hydrogen-bond acceptors (Lipinski definition) is 5. The van der Waals surface area contributed by atoms with Gasteiger partial charge in [0.1, 0.15) is 12.4 Å². The summed E-state index contributed by atoms with van der Waals surface area (Å²) in [6, 6.07) is 13.7. The minimum Gasteiger partial charge on any atom is -0.489 e. The molecule has 138 valence electrons. The number of carbonyl (C=O) groups excluding carboxylic acids is 2. The van der Waals surface area contributed by atoms with Gasteiger partial charge in [0.2, 0.25) is 0 Å². The van der Waals surface area contributed by atoms with Crippen LogP contribution in [-0.2, 0) is 11.4 Å². The maximum atomic E-state index is 12.1. The van der Waals surface area contributed by atoms with E-state index in [0.29, 0.717) is 17.2 Å². The molecule has 1 aliphatic rings. The van der Waals surface area contributed by atoms with Crippen molar-refractivity contribution in [1.82, 2.24) is 4.90 Å². The van der Waals surface area contributed by atoms with Crippen LogP contribution in [0.15, 0.2) is 53.4 Å². The minimum absolute atomic E-state index is 0.215. The van der Waals surface area contributed by atoms with E-state index in [1.54, 1.807) is 55.5 Å². The van der Waals surface area contributed by atoms with Crippen molar-refractivity contribution >= 4 is 35.0 Å². The van der Waals surface area contributed by atoms with Gasteiger partial charge in [0.15, 0.2) is 0 Å². The normalized spacial score (nSPS) is 15.4. The molecule has 1 N–H and O–H groups in total. The SMILES string of the molecule is CCN1C(=O)S/C(=C\c2ccc(OCc3cccc(C(=O)O)c3)cc2)C1=O. The van der Waals surface area contributed by atoms with E-state index in [-0.39, 0.29) is 23.3 Å². The molecule has 0 aromatic heterocycles. The standard InChI is InChI=1S/C20H17NO5S/c1-2-21-18(22)17(27-20(21)25)11-13-6-8-16(9-7-13)26-12-14-4-3-5-15(10-14)19(23)24/h3-11H,2,12H2,1H3,(H,23,24)/b17-11-. The molecule has 1 saturated heterocycles. The molecule has 0 atom stereocenters. The Bertz CT molecular complexity index is 920. The van der Waals surface area contributed by atoms with E-state index in [9.17, 15) is 14.4 Å². The van der Waals surface area contributed by atoms with Gasteiger partial charge in [0.05, 0.1) is 10.5 Å². The van der Waals surface area contributed by atoms with E-state index in [0.717, 1.165) is 22.9 Å². The molecule has 2 aromatic carbocycles. The largest absolute Gasteiger partial charge is 0.489 e. The molecule has 0 spiro atoms. The van der Waals surface area contributed by atoms with Gasteiger partial charge in [-0.25, -0.2) is 4.79 Å². The first kappa shape index (κ1) is 18.7. The lowest BCUT2D eigenvalue weighted by molar-refractivity contribution is -0.122. The summed E-state index contributed by atoms with van der Waals surface area (Å²) in [6.45, 7) is 2.37. The Balaban J connectivity index is 1.65. The lowest BCUT2D eigenvalue weighted by Gasteiger charge is -2.08. The Labute approximate surface area is 160 Å². The average Bonchev–Trinajstić information content (AvgIpc) is 2.94. The summed E-state index contributed by atoms with van der Waals surface area (Å²) in [5.41, 5.74) is 1.76. The fourth-order valence-corrected chi connectivity index (χ4v) is 3.45. The Hall–Kier alpha value is -3.06. The van der Waals surface area contributed by atoms with E-state index in [1.807, 2.05) is 0 Å². The molecule has 0 aliphatic carbocycles. The molecule has 3 rings (SSSR count). The molecular formula is C20H17NO5S. The number of nitrogens with zero attached hydrogens (tertiary/aromatic N) is 1. The molecule has 0 radical (unpaired) electrons. The summed E-state index contributed by atoms with van der Waals surface area (Å²) < 4.78 is 5.68. The van der Waals surface area contributed by atoms with Crippen molar-refractivity contribution in [3.63, 3.8) is 0 Å². The Kier molecular flexibility index (Phi) is 5.61. The Morgan fingerprint density at radius 3 is 2.56 bits per heavy atom. The van der Waals surface area contributed by atoms with E-state index in [4.69, 9.17) is 9.84 Å². The molecule has 1 aliphatic heterocycles. The molecule has 27 heavy (non-hydrogen) atoms. The summed E-state index contributed by atoms with van der Waals surface area (Å²) in [5, 5.41) is 8.76. The van der Waals surface area contributed by atoms with Gasteiger partial charge in [-0.2, -0.15) is 0 Å². The molecule has 1 fully saturated rings. The first-order chi connectivity index (χ1) is 13.0. The molecular weight excluding hydrogens is 366 g/mol. The van der Waals surface area contributed by atoms with Crippen LogP contribution in [0.1, 0.15) is 28.4 Å². The van der Waals surface area contributed by atoms with Crippen molar-refractivity contribution < 1.29 is 24.2 Å². The molecule has 1 heterocycles. The molecule has 2 amide bonds. The molecule has 7 heteroatoms. The summed E-state index contributed by atoms with van der Waals surface area (Å²) in [4.78, 5) is 36.4. The predicted molar refractivity (Wildman–Crippen MR) is 103 cm³/mol. The van der Waals surface area contributed by atoms with Gasteiger partial charge in [0, 0.05) is 6.54 Å². The van der Waals surface area contributed by atoms with Crippen LogP contribution in [0, 0.1) is 0 Å². The zero-order valence-electron chi connectivity index (χ0n) is 14.5. The van der Waals surface area contributed by atoms with Gasteiger partial charge in [-0.3, -0.25) is 14.5 Å². The minimum atomic E-state index is -0.978. The topological polar surface area (TPSA) is 83.9 Å². The van der Waals surface area contributed by atoms with E-state index >= 15 is 0 Å². The molecule has 0 unspecified atom stereocenters. The van der Waals surface area contributed by atoms with Gasteiger partial charge < -0.3 is 9.84 Å². The highest BCUT2D eigenvalue weighted by atomic mass is 32.2. The fraction of sp³-hybridized carbons (Fsp3) is 0.150. The first-order valence-electron chi connectivity index (χ1n) is 8.28. The second kappa shape index (κ2) is 8.09. The van der Waals surface area contributed by atoms with Gasteiger partial charge >= 0.3 is 5.97 Å². The number of imide groups is 1. The monoisotopic (exact) mass is 383 g/mol. The summed E-state index contributed by atoms with van der Waals surface area (Å²) in [5.74, 6) is -0.630. The first-order valence-corrected chi connectivity index (χ1v) is 9.10. The molecule has 0 saturated carbocycles. The third kappa shape index (κ3) is 4.38. The number of rotatable bonds is 6. The van der Waals surface area contributed by atoms with Crippen LogP contribution < -0.4 is 4.74 Å². The van der Waals surface area contributed by atoms with Crippen LogP contribution in [0.5, 0.6) is 5.75 Å². The van der Waals surface area contributed by atoms with E-state index in [1.165, 1.54) is 11.0 Å². The maximum Gasteiger partial charge on any atom is 0.335 e. The molecule has 2 aromatic rings. The van der Waals surface area contributed by atoms with Crippen LogP contribution in [0.4, 0.5) is 4.79 Å². The molecule has 0 bridgehead atoms. The van der Waals surface area contributed by atoms with Crippen molar-refractivity contribution in [1.29, 1.82) is 0 Å². The number of amides is 2. The third-order valence-corrected chi connectivity index (χ3v) is 4.85. The average molecular weight is 383 g/mol. The number of carboxylic acids is 1. The number of thioether (sulfide) groups is 1. The van der Waals surface area contributed by atoms with Crippen LogP contribution in [0.3, 0.4) is 0 Å². The second-order valence-corrected chi connectivity index (χ2v) is 6.78. The van der Waals surface area contributed by atoms with Crippen molar-refractivity contribution in [2.24, 2.45) is 0 Å². The Morgan fingerprint density at radius 1 is 1.19 bits per heavy atom. The van der Waals surface area contributed by atoms with Crippen LogP contribution in [-0.4, -0.2) is 33.7 Å². The summed E-state index contributed by atoms with van der Waals surface area (Å²) in [7, 11) is 0. The van der Waals surface area contributed by atoms with Gasteiger partial charge in [0.25, 0.3) is 11.1 Å². The fourth-order valence-electron chi connectivity index (χ4n) is 2.55. The summed E-state index contributed by atoms with van der Waals surface area (Å²) in [6.07, 6.45) is 1.68. The van der Waals surface area contributed by atoms with Crippen LogP contribution in [0.2, 0.25) is 0 Å². The van der Waals surface area contributed by atoms with Crippen LogP contribution >= 0.6 is 11.8 Å². The second-order valence-electron chi connectivity index (χ2n) is 5.79. The van der Waals surface area contributed by atoms with E-state index < -0.39 is 5.97 Å². The van der Waals surface area contributed by atoms with E-state index in [2.05, 4.69) is 0 Å². The van der Waals surface area contributed by atoms with Crippen molar-refractivity contribution in [2.45, 2.75) is 13.5 Å². The smallest absolute Gasteiger partial charge is 0.335 e. The lowest BCUT2D eigenvalue weighted by Crippen LogP contribution is -2.27. The van der Waals surface area contributed by atoms with Crippen molar-refractivity contribution in [2.75, 3.05) is 6.54 Å². The highest BCUT2D eigenvalue weighted by Gasteiger charge is 2.33. The Morgan fingerprint density at radius 2 is 1.93 bits per heavy atom. The van der Waals surface area contributed by atoms with Crippen molar-refractivity contribution in [3.05, 3.63) is 70.1 Å².